The number of aryl methyl sites for hydroxylation is 2. The number of benzene rings is 1. The number of aromatic nitrogens is 1. The first kappa shape index (κ1) is 12.0. The van der Waals surface area contributed by atoms with Crippen molar-refractivity contribution in [3.05, 3.63) is 29.5 Å². The van der Waals surface area contributed by atoms with E-state index < -0.39 is 0 Å². The van der Waals surface area contributed by atoms with Crippen molar-refractivity contribution in [3.63, 3.8) is 0 Å². The average molecular weight is 232 g/mol. The average Bonchev–Trinajstić information content (AvgIpc) is 2.60. The Kier molecular flexibility index (Phi) is 3.38. The molecule has 2 aromatic rings. The number of fused-ring (bicyclic) bond motifs is 1. The van der Waals surface area contributed by atoms with E-state index in [1.165, 1.54) is 22.2 Å². The fourth-order valence-electron chi connectivity index (χ4n) is 2.36. The molecule has 0 fully saturated rings. The number of para-hydroxylation sites is 1. The maximum Gasteiger partial charge on any atom is 0.143 e. The smallest absolute Gasteiger partial charge is 0.143 e. The van der Waals surface area contributed by atoms with Gasteiger partial charge in [0.05, 0.1) is 12.6 Å². The molecular weight excluding hydrogens is 212 g/mol. The van der Waals surface area contributed by atoms with Crippen LogP contribution in [0.25, 0.3) is 10.9 Å². The SMILES string of the molecule is COc1cccc2c(C)c(C)n(CCCN)c12. The lowest BCUT2D eigenvalue weighted by atomic mass is 10.1. The van der Waals surface area contributed by atoms with Gasteiger partial charge >= 0.3 is 0 Å². The summed E-state index contributed by atoms with van der Waals surface area (Å²) >= 11 is 0. The minimum absolute atomic E-state index is 0.716. The fourth-order valence-corrected chi connectivity index (χ4v) is 2.36. The second kappa shape index (κ2) is 4.80. The number of methoxy groups -OCH3 is 1. The summed E-state index contributed by atoms with van der Waals surface area (Å²) in [7, 11) is 1.72. The highest BCUT2D eigenvalue weighted by Gasteiger charge is 2.13. The van der Waals surface area contributed by atoms with Crippen LogP contribution in [0.15, 0.2) is 18.2 Å². The summed E-state index contributed by atoms with van der Waals surface area (Å²) < 4.78 is 7.78. The van der Waals surface area contributed by atoms with Gasteiger partial charge in [0.2, 0.25) is 0 Å². The van der Waals surface area contributed by atoms with Gasteiger partial charge in [-0.15, -0.1) is 0 Å². The summed E-state index contributed by atoms with van der Waals surface area (Å²) in [4.78, 5) is 0. The summed E-state index contributed by atoms with van der Waals surface area (Å²) in [5, 5.41) is 1.28. The van der Waals surface area contributed by atoms with Crippen molar-refractivity contribution >= 4 is 10.9 Å². The summed E-state index contributed by atoms with van der Waals surface area (Å²) in [6.45, 7) is 5.99. The zero-order chi connectivity index (χ0) is 12.4. The van der Waals surface area contributed by atoms with E-state index in [1.54, 1.807) is 7.11 Å². The van der Waals surface area contributed by atoms with Crippen LogP contribution in [-0.2, 0) is 6.54 Å². The van der Waals surface area contributed by atoms with Crippen LogP contribution < -0.4 is 10.5 Å². The second-order valence-corrected chi connectivity index (χ2v) is 4.36. The third-order valence-corrected chi connectivity index (χ3v) is 3.43. The van der Waals surface area contributed by atoms with Crippen LogP contribution in [0.5, 0.6) is 5.75 Å². The standard InChI is InChI=1S/C14H20N2O/c1-10-11(2)16(9-5-8-15)14-12(10)6-4-7-13(14)17-3/h4,6-7H,5,8-9,15H2,1-3H3. The van der Waals surface area contributed by atoms with Gasteiger partial charge in [-0.3, -0.25) is 0 Å². The van der Waals surface area contributed by atoms with Crippen molar-refractivity contribution in [2.24, 2.45) is 5.73 Å². The number of rotatable bonds is 4. The molecule has 0 radical (unpaired) electrons. The Bertz CT molecular complexity index is 528. The van der Waals surface area contributed by atoms with Crippen molar-refractivity contribution in [3.8, 4) is 5.75 Å². The van der Waals surface area contributed by atoms with E-state index in [0.29, 0.717) is 6.54 Å². The normalized spacial score (nSPS) is 11.1. The molecule has 1 aromatic carbocycles. The summed E-state index contributed by atoms with van der Waals surface area (Å²) in [6, 6.07) is 6.21. The van der Waals surface area contributed by atoms with E-state index in [9.17, 15) is 0 Å². The van der Waals surface area contributed by atoms with Gasteiger partial charge in [0, 0.05) is 17.6 Å². The predicted octanol–water partition coefficient (Wildman–Crippen LogP) is 2.62. The minimum Gasteiger partial charge on any atom is -0.495 e. The van der Waals surface area contributed by atoms with Gasteiger partial charge in [-0.25, -0.2) is 0 Å². The Morgan fingerprint density at radius 3 is 2.71 bits per heavy atom. The zero-order valence-electron chi connectivity index (χ0n) is 10.8. The summed E-state index contributed by atoms with van der Waals surface area (Å²) in [6.07, 6.45) is 0.988. The van der Waals surface area contributed by atoms with Crippen molar-refractivity contribution < 1.29 is 4.74 Å². The van der Waals surface area contributed by atoms with Gasteiger partial charge in [-0.2, -0.15) is 0 Å². The van der Waals surface area contributed by atoms with Gasteiger partial charge < -0.3 is 15.0 Å². The third kappa shape index (κ3) is 1.91. The molecule has 17 heavy (non-hydrogen) atoms. The van der Waals surface area contributed by atoms with Gasteiger partial charge in [0.25, 0.3) is 0 Å². The molecule has 2 N–H and O–H groups in total. The highest BCUT2D eigenvalue weighted by atomic mass is 16.5. The molecule has 0 saturated carbocycles. The maximum absolute atomic E-state index is 5.60. The van der Waals surface area contributed by atoms with Crippen molar-refractivity contribution in [2.75, 3.05) is 13.7 Å². The van der Waals surface area contributed by atoms with Crippen LogP contribution in [0.3, 0.4) is 0 Å². The Morgan fingerprint density at radius 1 is 1.29 bits per heavy atom. The number of nitrogens with zero attached hydrogens (tertiary/aromatic N) is 1. The van der Waals surface area contributed by atoms with E-state index in [-0.39, 0.29) is 0 Å². The van der Waals surface area contributed by atoms with E-state index in [2.05, 4.69) is 24.5 Å². The molecule has 0 amide bonds. The van der Waals surface area contributed by atoms with Gasteiger partial charge in [-0.05, 0) is 38.4 Å². The van der Waals surface area contributed by atoms with Gasteiger partial charge in [0.15, 0.2) is 0 Å². The molecule has 92 valence electrons. The highest BCUT2D eigenvalue weighted by Crippen LogP contribution is 2.32. The minimum atomic E-state index is 0.716. The first-order valence-electron chi connectivity index (χ1n) is 6.03. The van der Waals surface area contributed by atoms with Crippen LogP contribution >= 0.6 is 0 Å². The largest absolute Gasteiger partial charge is 0.495 e. The number of nitrogens with two attached hydrogens (primary N) is 1. The number of hydrogen-bond acceptors (Lipinski definition) is 2. The monoisotopic (exact) mass is 232 g/mol. The predicted molar refractivity (Wildman–Crippen MR) is 71.6 cm³/mol. The van der Waals surface area contributed by atoms with E-state index in [4.69, 9.17) is 10.5 Å². The van der Waals surface area contributed by atoms with Crippen LogP contribution in [0.1, 0.15) is 17.7 Å². The molecule has 3 nitrogen and oxygen atoms in total. The Morgan fingerprint density at radius 2 is 2.06 bits per heavy atom. The van der Waals surface area contributed by atoms with Crippen molar-refractivity contribution in [2.45, 2.75) is 26.8 Å². The molecule has 0 aliphatic rings. The Hall–Kier alpha value is -1.48. The molecule has 0 spiro atoms. The molecule has 0 aliphatic carbocycles. The van der Waals surface area contributed by atoms with Crippen LogP contribution in [0.2, 0.25) is 0 Å². The molecule has 0 unspecified atom stereocenters. The zero-order valence-corrected chi connectivity index (χ0v) is 10.8. The van der Waals surface area contributed by atoms with Crippen LogP contribution in [0.4, 0.5) is 0 Å². The van der Waals surface area contributed by atoms with Crippen LogP contribution in [-0.4, -0.2) is 18.2 Å². The molecule has 1 heterocycles. The molecule has 0 aliphatic heterocycles. The van der Waals surface area contributed by atoms with Crippen LogP contribution in [0, 0.1) is 13.8 Å². The van der Waals surface area contributed by atoms with E-state index in [0.717, 1.165) is 18.7 Å². The quantitative estimate of drug-likeness (QED) is 0.880. The van der Waals surface area contributed by atoms with Crippen molar-refractivity contribution in [1.29, 1.82) is 0 Å². The molecule has 2 rings (SSSR count). The second-order valence-electron chi connectivity index (χ2n) is 4.36. The molecule has 3 heteroatoms. The highest BCUT2D eigenvalue weighted by molar-refractivity contribution is 5.90. The van der Waals surface area contributed by atoms with Gasteiger partial charge in [-0.1, -0.05) is 12.1 Å². The first-order chi connectivity index (χ1) is 8.20. The van der Waals surface area contributed by atoms with E-state index in [1.807, 2.05) is 12.1 Å². The lowest BCUT2D eigenvalue weighted by molar-refractivity contribution is 0.417. The Labute approximate surface area is 102 Å². The summed E-state index contributed by atoms with van der Waals surface area (Å²) in [5.74, 6) is 0.940. The van der Waals surface area contributed by atoms with E-state index >= 15 is 0 Å². The lowest BCUT2D eigenvalue weighted by Gasteiger charge is -2.10. The van der Waals surface area contributed by atoms with Gasteiger partial charge in [0.1, 0.15) is 5.75 Å². The van der Waals surface area contributed by atoms with Crippen molar-refractivity contribution in [1.82, 2.24) is 4.57 Å². The summed E-state index contributed by atoms with van der Waals surface area (Å²) in [5.41, 5.74) is 9.43. The topological polar surface area (TPSA) is 40.2 Å². The Balaban J connectivity index is 2.67. The lowest BCUT2D eigenvalue weighted by Crippen LogP contribution is -2.07. The third-order valence-electron chi connectivity index (χ3n) is 3.43. The molecule has 0 bridgehead atoms. The molecule has 0 atom stereocenters. The maximum atomic E-state index is 5.60. The fraction of sp³-hybridized carbons (Fsp3) is 0.429. The molecule has 1 aromatic heterocycles. The first-order valence-corrected chi connectivity index (χ1v) is 6.03. The molecule has 0 saturated heterocycles. The number of ether oxygens (including phenoxy) is 1. The number of hydrogen-bond donors (Lipinski definition) is 1. The molecular formula is C14H20N2O.